The highest BCUT2D eigenvalue weighted by molar-refractivity contribution is 7.85. The van der Waals surface area contributed by atoms with Crippen molar-refractivity contribution in [1.29, 1.82) is 5.26 Å². The molecule has 1 aromatic rings. The molecule has 0 bridgehead atoms. The van der Waals surface area contributed by atoms with Gasteiger partial charge in [-0.2, -0.15) is 5.26 Å². The van der Waals surface area contributed by atoms with Gasteiger partial charge >= 0.3 is 0 Å². The van der Waals surface area contributed by atoms with Crippen LogP contribution in [0.25, 0.3) is 0 Å². The van der Waals surface area contributed by atoms with Crippen molar-refractivity contribution in [1.82, 2.24) is 0 Å². The zero-order chi connectivity index (χ0) is 14.5. The molecular weight excluding hydrogens is 301 g/mol. The van der Waals surface area contributed by atoms with Crippen LogP contribution in [0.3, 0.4) is 0 Å². The van der Waals surface area contributed by atoms with Crippen LogP contribution in [0, 0.1) is 16.7 Å². The number of halogens is 2. The molecule has 0 fully saturated rings. The number of hydrogen-bond donors (Lipinski definition) is 0. The average Bonchev–Trinajstić information content (AvgIpc) is 2.34. The van der Waals surface area contributed by atoms with Crippen molar-refractivity contribution in [2.24, 2.45) is 5.41 Å². The molecular formula is C14H17Cl2NOS. The van der Waals surface area contributed by atoms with E-state index in [-0.39, 0.29) is 5.41 Å². The maximum atomic E-state index is 12.2. The molecule has 104 valence electrons. The van der Waals surface area contributed by atoms with E-state index in [9.17, 15) is 4.21 Å². The van der Waals surface area contributed by atoms with Crippen molar-refractivity contribution in [3.05, 3.63) is 28.2 Å². The van der Waals surface area contributed by atoms with Gasteiger partial charge in [0.15, 0.2) is 0 Å². The predicted octanol–water partition coefficient (Wildman–Crippen LogP) is 4.82. The number of benzene rings is 1. The fourth-order valence-electron chi connectivity index (χ4n) is 1.66. The summed E-state index contributed by atoms with van der Waals surface area (Å²) < 4.78 is 12.2. The Bertz CT molecular complexity index is 488. The lowest BCUT2D eigenvalue weighted by Gasteiger charge is -2.14. The van der Waals surface area contributed by atoms with Crippen LogP contribution in [0.5, 0.6) is 0 Å². The lowest BCUT2D eigenvalue weighted by Crippen LogP contribution is -2.08. The van der Waals surface area contributed by atoms with Gasteiger partial charge in [-0.05, 0) is 38.8 Å². The lowest BCUT2D eigenvalue weighted by atomic mass is 9.89. The molecule has 0 aromatic heterocycles. The third-order valence-corrected chi connectivity index (χ3v) is 5.24. The first-order valence-corrected chi connectivity index (χ1v) is 8.18. The largest absolute Gasteiger partial charge is 0.254 e. The molecule has 0 N–H and O–H groups in total. The summed E-state index contributed by atoms with van der Waals surface area (Å²) in [4.78, 5) is 0.519. The number of unbranched alkanes of at least 4 members (excludes halogenated alkanes) is 1. The smallest absolute Gasteiger partial charge is 0.0760 e. The summed E-state index contributed by atoms with van der Waals surface area (Å²) in [7, 11) is -1.18. The van der Waals surface area contributed by atoms with Gasteiger partial charge in [0, 0.05) is 5.75 Å². The first kappa shape index (κ1) is 16.5. The number of nitriles is 1. The van der Waals surface area contributed by atoms with Gasteiger partial charge in [-0.25, -0.2) is 0 Å². The topological polar surface area (TPSA) is 40.9 Å². The van der Waals surface area contributed by atoms with Crippen molar-refractivity contribution >= 4 is 34.0 Å². The SMILES string of the molecule is CC(C)(C#N)CCCCS(=O)c1c(Cl)cccc1Cl. The predicted molar refractivity (Wildman–Crippen MR) is 81.0 cm³/mol. The number of rotatable bonds is 6. The molecule has 0 aliphatic carbocycles. The Balaban J connectivity index is 2.51. The van der Waals surface area contributed by atoms with Crippen LogP contribution in [0.15, 0.2) is 23.1 Å². The van der Waals surface area contributed by atoms with Gasteiger partial charge in [-0.15, -0.1) is 0 Å². The summed E-state index contributed by atoms with van der Waals surface area (Å²) in [6.45, 7) is 3.82. The van der Waals surface area contributed by atoms with Crippen LogP contribution < -0.4 is 0 Å². The fourth-order valence-corrected chi connectivity index (χ4v) is 3.81. The molecule has 0 amide bonds. The highest BCUT2D eigenvalue weighted by atomic mass is 35.5. The fraction of sp³-hybridized carbons (Fsp3) is 0.500. The van der Waals surface area contributed by atoms with Crippen LogP contribution in [-0.4, -0.2) is 9.96 Å². The monoisotopic (exact) mass is 317 g/mol. The van der Waals surface area contributed by atoms with Crippen molar-refractivity contribution in [3.63, 3.8) is 0 Å². The summed E-state index contributed by atoms with van der Waals surface area (Å²) in [5.41, 5.74) is -0.316. The Kier molecular flexibility index (Phi) is 6.32. The first-order chi connectivity index (χ1) is 8.87. The van der Waals surface area contributed by atoms with Crippen LogP contribution in [-0.2, 0) is 10.8 Å². The van der Waals surface area contributed by atoms with E-state index in [1.54, 1.807) is 18.2 Å². The quantitative estimate of drug-likeness (QED) is 0.706. The molecule has 19 heavy (non-hydrogen) atoms. The van der Waals surface area contributed by atoms with Gasteiger partial charge in [0.05, 0.1) is 37.2 Å². The minimum absolute atomic E-state index is 0.316. The Hall–Kier alpha value is -0.560. The van der Waals surface area contributed by atoms with Crippen LogP contribution in [0.1, 0.15) is 33.1 Å². The van der Waals surface area contributed by atoms with Crippen molar-refractivity contribution in [2.45, 2.75) is 38.0 Å². The van der Waals surface area contributed by atoms with Crippen molar-refractivity contribution in [3.8, 4) is 6.07 Å². The van der Waals surface area contributed by atoms with Gasteiger partial charge in [0.2, 0.25) is 0 Å². The van der Waals surface area contributed by atoms with Gasteiger partial charge in [0.1, 0.15) is 0 Å². The summed E-state index contributed by atoms with van der Waals surface area (Å²) in [5, 5.41) is 9.80. The van der Waals surface area contributed by atoms with Crippen LogP contribution in [0.4, 0.5) is 0 Å². The molecule has 0 heterocycles. The molecule has 0 saturated carbocycles. The van der Waals surface area contributed by atoms with E-state index in [2.05, 4.69) is 6.07 Å². The maximum absolute atomic E-state index is 12.2. The van der Waals surface area contributed by atoms with Gasteiger partial charge in [-0.3, -0.25) is 4.21 Å². The van der Waals surface area contributed by atoms with Gasteiger partial charge in [-0.1, -0.05) is 35.7 Å². The lowest BCUT2D eigenvalue weighted by molar-refractivity contribution is 0.432. The zero-order valence-electron chi connectivity index (χ0n) is 11.1. The Labute approximate surface area is 127 Å². The molecule has 5 heteroatoms. The molecule has 1 aromatic carbocycles. The molecule has 1 rings (SSSR count). The molecule has 2 nitrogen and oxygen atoms in total. The third-order valence-electron chi connectivity index (χ3n) is 2.83. The van der Waals surface area contributed by atoms with Crippen LogP contribution >= 0.6 is 23.2 Å². The second-order valence-electron chi connectivity index (χ2n) is 5.05. The minimum atomic E-state index is -1.18. The van der Waals surface area contributed by atoms with Gasteiger partial charge in [0.25, 0.3) is 0 Å². The van der Waals surface area contributed by atoms with Crippen molar-refractivity contribution < 1.29 is 4.21 Å². The summed E-state index contributed by atoms with van der Waals surface area (Å²) in [6.07, 6.45) is 2.46. The van der Waals surface area contributed by atoms with Crippen molar-refractivity contribution in [2.75, 3.05) is 5.75 Å². The molecule has 1 unspecified atom stereocenters. The zero-order valence-corrected chi connectivity index (χ0v) is 13.4. The molecule has 0 aliphatic rings. The second kappa shape index (κ2) is 7.28. The van der Waals surface area contributed by atoms with E-state index in [4.69, 9.17) is 28.5 Å². The van der Waals surface area contributed by atoms with Crippen LogP contribution in [0.2, 0.25) is 10.0 Å². The average molecular weight is 318 g/mol. The van der Waals surface area contributed by atoms with E-state index >= 15 is 0 Å². The highest BCUT2D eigenvalue weighted by Crippen LogP contribution is 2.28. The standard InChI is InChI=1S/C14H17Cl2NOS/c1-14(2,10-17)8-3-4-9-19(18)13-11(15)6-5-7-12(13)16/h5-7H,3-4,8-9H2,1-2H3. The second-order valence-corrected chi connectivity index (χ2v) is 7.38. The Morgan fingerprint density at radius 2 is 1.84 bits per heavy atom. The maximum Gasteiger partial charge on any atom is 0.0760 e. The van der Waals surface area contributed by atoms with E-state index in [1.165, 1.54) is 0 Å². The summed E-state index contributed by atoms with van der Waals surface area (Å²) in [5.74, 6) is 0.519. The minimum Gasteiger partial charge on any atom is -0.254 e. The highest BCUT2D eigenvalue weighted by Gasteiger charge is 2.17. The van der Waals surface area contributed by atoms with E-state index in [0.717, 1.165) is 19.3 Å². The van der Waals surface area contributed by atoms with Gasteiger partial charge < -0.3 is 0 Å². The normalized spacial score (nSPS) is 13.0. The van der Waals surface area contributed by atoms with E-state index < -0.39 is 10.8 Å². The Morgan fingerprint density at radius 3 is 2.37 bits per heavy atom. The third kappa shape index (κ3) is 5.14. The van der Waals surface area contributed by atoms with E-state index in [0.29, 0.717) is 20.7 Å². The number of nitrogens with zero attached hydrogens (tertiary/aromatic N) is 1. The molecule has 0 radical (unpaired) electrons. The first-order valence-electron chi connectivity index (χ1n) is 6.11. The molecule has 0 saturated heterocycles. The molecule has 1 atom stereocenters. The molecule has 0 aliphatic heterocycles. The summed E-state index contributed by atoms with van der Waals surface area (Å²) in [6, 6.07) is 7.39. The molecule has 0 spiro atoms. The Morgan fingerprint density at radius 1 is 1.26 bits per heavy atom. The van der Waals surface area contributed by atoms with E-state index in [1.807, 2.05) is 13.8 Å². The number of hydrogen-bond acceptors (Lipinski definition) is 2. The summed E-state index contributed by atoms with van der Waals surface area (Å²) >= 11 is 12.0.